The minimum absolute atomic E-state index is 0.0638. The Morgan fingerprint density at radius 1 is 1.22 bits per heavy atom. The molecule has 0 aromatic heterocycles. The Hall–Kier alpha value is -2.04. The molecule has 98 valence electrons. The van der Waals surface area contributed by atoms with Crippen LogP contribution in [0.25, 0.3) is 0 Å². The molecule has 0 atom stereocenters. The van der Waals surface area contributed by atoms with Crippen LogP contribution in [-0.4, -0.2) is 40.6 Å². The largest absolute Gasteiger partial charge is 0.508 e. The molecule has 1 aromatic rings. The first-order valence-corrected chi connectivity index (χ1v) is 5.72. The Balaban J connectivity index is 2.39. The van der Waals surface area contributed by atoms with Crippen LogP contribution < -0.4 is 0 Å². The van der Waals surface area contributed by atoms with E-state index in [1.54, 1.807) is 19.2 Å². The predicted molar refractivity (Wildman–Crippen MR) is 66.3 cm³/mol. The summed E-state index contributed by atoms with van der Waals surface area (Å²) in [5.41, 5.74) is 0.822. The molecular formula is C13H17NO4. The smallest absolute Gasteiger partial charge is 0.303 e. The van der Waals surface area contributed by atoms with Crippen molar-refractivity contribution in [1.29, 1.82) is 0 Å². The second-order valence-corrected chi connectivity index (χ2v) is 4.16. The minimum Gasteiger partial charge on any atom is -0.508 e. The number of aromatic hydroxyl groups is 1. The van der Waals surface area contributed by atoms with Crippen molar-refractivity contribution in [2.24, 2.45) is 0 Å². The Kier molecular flexibility index (Phi) is 5.17. The van der Waals surface area contributed by atoms with Gasteiger partial charge >= 0.3 is 5.97 Å². The zero-order valence-electron chi connectivity index (χ0n) is 10.3. The summed E-state index contributed by atoms with van der Waals surface area (Å²) in [6, 6.07) is 6.46. The Labute approximate surface area is 106 Å². The summed E-state index contributed by atoms with van der Waals surface area (Å²) >= 11 is 0. The maximum atomic E-state index is 11.8. The van der Waals surface area contributed by atoms with Crippen LogP contribution in [0.1, 0.15) is 18.4 Å². The van der Waals surface area contributed by atoms with E-state index in [0.717, 1.165) is 5.56 Å². The lowest BCUT2D eigenvalue weighted by atomic mass is 10.1. The van der Waals surface area contributed by atoms with E-state index < -0.39 is 5.97 Å². The van der Waals surface area contributed by atoms with Gasteiger partial charge in [-0.1, -0.05) is 12.1 Å². The summed E-state index contributed by atoms with van der Waals surface area (Å²) in [4.78, 5) is 23.7. The lowest BCUT2D eigenvalue weighted by Crippen LogP contribution is -2.29. The number of nitrogens with zero attached hydrogens (tertiary/aromatic N) is 1. The number of carbonyl (C=O) groups excluding carboxylic acids is 1. The van der Waals surface area contributed by atoms with Crippen LogP contribution in [0.2, 0.25) is 0 Å². The number of hydrogen-bond acceptors (Lipinski definition) is 3. The Morgan fingerprint density at radius 2 is 1.83 bits per heavy atom. The maximum absolute atomic E-state index is 11.8. The molecule has 0 aliphatic heterocycles. The van der Waals surface area contributed by atoms with E-state index in [2.05, 4.69) is 0 Å². The fraction of sp³-hybridized carbons (Fsp3) is 0.385. The number of rotatable bonds is 6. The molecule has 18 heavy (non-hydrogen) atoms. The first-order chi connectivity index (χ1) is 8.49. The summed E-state index contributed by atoms with van der Waals surface area (Å²) in [5.74, 6) is -0.749. The first-order valence-electron chi connectivity index (χ1n) is 5.72. The number of likely N-dealkylation sites (N-methyl/N-ethyl adjacent to an activating group) is 1. The average Bonchev–Trinajstić information content (AvgIpc) is 2.31. The molecule has 0 saturated carbocycles. The number of aliphatic carboxylic acids is 1. The summed E-state index contributed by atoms with van der Waals surface area (Å²) in [6.07, 6.45) is 0.772. The highest BCUT2D eigenvalue weighted by Gasteiger charge is 2.10. The number of amides is 1. The van der Waals surface area contributed by atoms with Crippen molar-refractivity contribution in [1.82, 2.24) is 4.90 Å². The van der Waals surface area contributed by atoms with Crippen LogP contribution >= 0.6 is 0 Å². The maximum Gasteiger partial charge on any atom is 0.303 e. The molecule has 0 spiro atoms. The van der Waals surface area contributed by atoms with Crippen molar-refractivity contribution in [2.75, 3.05) is 13.6 Å². The molecule has 1 rings (SSSR count). The van der Waals surface area contributed by atoms with Gasteiger partial charge in [0.1, 0.15) is 5.75 Å². The predicted octanol–water partition coefficient (Wildman–Crippen LogP) is 1.26. The van der Waals surface area contributed by atoms with Gasteiger partial charge in [-0.3, -0.25) is 9.59 Å². The van der Waals surface area contributed by atoms with Gasteiger partial charge in [-0.15, -0.1) is 0 Å². The van der Waals surface area contributed by atoms with Crippen LogP contribution in [0, 0.1) is 0 Å². The van der Waals surface area contributed by atoms with Crippen LogP contribution in [-0.2, 0) is 16.0 Å². The molecule has 0 unspecified atom stereocenters. The second-order valence-electron chi connectivity index (χ2n) is 4.16. The first kappa shape index (κ1) is 14.0. The van der Waals surface area contributed by atoms with Gasteiger partial charge in [-0.05, 0) is 24.1 Å². The third kappa shape index (κ3) is 4.86. The van der Waals surface area contributed by atoms with Crippen molar-refractivity contribution in [3.63, 3.8) is 0 Å². The molecule has 0 fully saturated rings. The summed E-state index contributed by atoms with van der Waals surface area (Å²) < 4.78 is 0. The molecule has 1 aromatic carbocycles. The van der Waals surface area contributed by atoms with Gasteiger partial charge < -0.3 is 15.1 Å². The van der Waals surface area contributed by atoms with Crippen molar-refractivity contribution >= 4 is 11.9 Å². The molecule has 2 N–H and O–H groups in total. The molecule has 5 heteroatoms. The van der Waals surface area contributed by atoms with E-state index in [-0.39, 0.29) is 24.5 Å². The Morgan fingerprint density at radius 3 is 2.39 bits per heavy atom. The van der Waals surface area contributed by atoms with Gasteiger partial charge in [0.15, 0.2) is 0 Å². The molecular weight excluding hydrogens is 234 g/mol. The van der Waals surface area contributed by atoms with Gasteiger partial charge in [0, 0.05) is 20.0 Å². The van der Waals surface area contributed by atoms with E-state index >= 15 is 0 Å². The van der Waals surface area contributed by atoms with E-state index in [0.29, 0.717) is 13.0 Å². The molecule has 0 heterocycles. The molecule has 0 aliphatic carbocycles. The number of hydrogen-bond donors (Lipinski definition) is 2. The third-order valence-electron chi connectivity index (χ3n) is 2.60. The monoisotopic (exact) mass is 251 g/mol. The molecule has 0 aliphatic rings. The highest BCUT2D eigenvalue weighted by molar-refractivity contribution is 5.78. The summed E-state index contributed by atoms with van der Waals surface area (Å²) in [7, 11) is 1.66. The van der Waals surface area contributed by atoms with Crippen LogP contribution in [0.4, 0.5) is 0 Å². The number of carboxylic acid groups (broad SMARTS) is 1. The highest BCUT2D eigenvalue weighted by Crippen LogP contribution is 2.10. The molecule has 0 bridgehead atoms. The van der Waals surface area contributed by atoms with Gasteiger partial charge in [0.25, 0.3) is 0 Å². The normalized spacial score (nSPS) is 10.1. The lowest BCUT2D eigenvalue weighted by Gasteiger charge is -2.16. The average molecular weight is 251 g/mol. The summed E-state index contributed by atoms with van der Waals surface area (Å²) in [6.45, 7) is 0.434. The van der Waals surface area contributed by atoms with E-state index in [1.165, 1.54) is 17.0 Å². The lowest BCUT2D eigenvalue weighted by molar-refractivity contribution is -0.138. The Bertz CT molecular complexity index is 414. The molecule has 5 nitrogen and oxygen atoms in total. The van der Waals surface area contributed by atoms with Crippen molar-refractivity contribution < 1.29 is 19.8 Å². The summed E-state index contributed by atoms with van der Waals surface area (Å²) in [5, 5.41) is 17.6. The highest BCUT2D eigenvalue weighted by atomic mass is 16.4. The van der Waals surface area contributed by atoms with Gasteiger partial charge in [-0.25, -0.2) is 0 Å². The fourth-order valence-corrected chi connectivity index (χ4v) is 1.52. The fourth-order valence-electron chi connectivity index (χ4n) is 1.52. The van der Waals surface area contributed by atoms with Crippen molar-refractivity contribution in [3.8, 4) is 5.75 Å². The topological polar surface area (TPSA) is 77.8 Å². The quantitative estimate of drug-likeness (QED) is 0.797. The van der Waals surface area contributed by atoms with Crippen LogP contribution in [0.3, 0.4) is 0 Å². The zero-order valence-corrected chi connectivity index (χ0v) is 10.3. The number of benzene rings is 1. The number of carbonyl (C=O) groups is 2. The number of phenolic OH excluding ortho intramolecular Hbond substituents is 1. The minimum atomic E-state index is -0.852. The van der Waals surface area contributed by atoms with Crippen molar-refractivity contribution in [2.45, 2.75) is 19.3 Å². The molecule has 0 saturated heterocycles. The number of phenols is 1. The van der Waals surface area contributed by atoms with Crippen LogP contribution in [0.5, 0.6) is 5.75 Å². The van der Waals surface area contributed by atoms with E-state index in [4.69, 9.17) is 10.2 Å². The second kappa shape index (κ2) is 6.64. The van der Waals surface area contributed by atoms with Gasteiger partial charge in [0.2, 0.25) is 5.91 Å². The van der Waals surface area contributed by atoms with E-state index in [9.17, 15) is 9.59 Å². The van der Waals surface area contributed by atoms with Crippen molar-refractivity contribution in [3.05, 3.63) is 29.8 Å². The molecule has 0 radical (unpaired) electrons. The molecule has 1 amide bonds. The zero-order chi connectivity index (χ0) is 13.5. The SMILES string of the molecule is CN(CCCC(=O)O)C(=O)Cc1ccc(O)cc1. The van der Waals surface area contributed by atoms with Gasteiger partial charge in [0.05, 0.1) is 6.42 Å². The number of carboxylic acids is 1. The third-order valence-corrected chi connectivity index (χ3v) is 2.60. The van der Waals surface area contributed by atoms with E-state index in [1.807, 2.05) is 0 Å². The van der Waals surface area contributed by atoms with Crippen LogP contribution in [0.15, 0.2) is 24.3 Å². The standard InChI is InChI=1S/C13H17NO4/c1-14(8-2-3-13(17)18)12(16)9-10-4-6-11(15)7-5-10/h4-7,15H,2-3,8-9H2,1H3,(H,17,18). The van der Waals surface area contributed by atoms with Gasteiger partial charge in [-0.2, -0.15) is 0 Å².